The largest absolute Gasteiger partial charge is 0.346 e. The zero-order chi connectivity index (χ0) is 14.1. The molecule has 0 radical (unpaired) electrons. The Morgan fingerprint density at radius 3 is 2.71 bits per heavy atom. The Labute approximate surface area is 123 Å². The van der Waals surface area contributed by atoms with E-state index in [2.05, 4.69) is 46.8 Å². The number of rotatable bonds is 2. The number of pyridine rings is 1. The smallest absolute Gasteiger partial charge is 0.138 e. The Hall–Kier alpha value is -2.39. The molecule has 0 bridgehead atoms. The second kappa shape index (κ2) is 5.19. The molecule has 3 nitrogen and oxygen atoms in total. The third kappa shape index (κ3) is 2.26. The molecule has 3 aromatic rings. The fraction of sp³-hybridized carbons (Fsp3) is 0.167. The van der Waals surface area contributed by atoms with Gasteiger partial charge in [0.2, 0.25) is 0 Å². The Kier molecular flexibility index (Phi) is 3.05. The Morgan fingerprint density at radius 1 is 1.00 bits per heavy atom. The maximum Gasteiger partial charge on any atom is 0.138 e. The van der Waals surface area contributed by atoms with Gasteiger partial charge in [-0.2, -0.15) is 0 Å². The minimum absolute atomic E-state index is 0.956. The van der Waals surface area contributed by atoms with Gasteiger partial charge in [0.1, 0.15) is 5.65 Å². The minimum atomic E-state index is 0.956. The van der Waals surface area contributed by atoms with Gasteiger partial charge in [-0.1, -0.05) is 36.4 Å². The lowest BCUT2D eigenvalue weighted by Crippen LogP contribution is -2.19. The highest BCUT2D eigenvalue weighted by atomic mass is 14.9. The van der Waals surface area contributed by atoms with Crippen LogP contribution in [-0.2, 0) is 0 Å². The molecule has 3 heterocycles. The first-order chi connectivity index (χ1) is 10.4. The maximum absolute atomic E-state index is 4.76. The Balaban J connectivity index is 1.79. The average Bonchev–Trinajstić information content (AvgIpc) is 2.99. The Bertz CT molecular complexity index is 800. The van der Waals surface area contributed by atoms with Crippen LogP contribution in [0.3, 0.4) is 0 Å². The van der Waals surface area contributed by atoms with Gasteiger partial charge in [-0.25, -0.2) is 4.98 Å². The van der Waals surface area contributed by atoms with Crippen LogP contribution in [0.15, 0.2) is 54.7 Å². The number of nitrogens with one attached hydrogen (secondary N) is 2. The van der Waals surface area contributed by atoms with Crippen molar-refractivity contribution in [1.29, 1.82) is 0 Å². The number of H-pyrrole nitrogens is 1. The standard InChI is InChI=1S/C18H17N3/c1-2-4-14(5-3-1)17-7-6-15-16(12-20-18(15)21-17)13-8-10-19-11-9-13/h1-8,12,19H,9-11H2,(H,20,21). The van der Waals surface area contributed by atoms with E-state index in [0.29, 0.717) is 0 Å². The summed E-state index contributed by atoms with van der Waals surface area (Å²) in [5, 5.41) is 4.56. The van der Waals surface area contributed by atoms with Gasteiger partial charge in [0.25, 0.3) is 0 Å². The SMILES string of the molecule is C1=C(c2c[nH]c3nc(-c4ccccc4)ccc23)CCNC1. The van der Waals surface area contributed by atoms with Gasteiger partial charge >= 0.3 is 0 Å². The van der Waals surface area contributed by atoms with Crippen LogP contribution in [0.1, 0.15) is 12.0 Å². The highest BCUT2D eigenvalue weighted by Crippen LogP contribution is 2.29. The van der Waals surface area contributed by atoms with Crippen LogP contribution < -0.4 is 5.32 Å². The summed E-state index contributed by atoms with van der Waals surface area (Å²) < 4.78 is 0. The van der Waals surface area contributed by atoms with Crippen LogP contribution in [0.25, 0.3) is 27.9 Å². The first kappa shape index (κ1) is 12.4. The third-order valence-corrected chi connectivity index (χ3v) is 4.02. The van der Waals surface area contributed by atoms with E-state index in [1.54, 1.807) is 0 Å². The summed E-state index contributed by atoms with van der Waals surface area (Å²) in [5.74, 6) is 0. The molecule has 0 amide bonds. The van der Waals surface area contributed by atoms with Crippen LogP contribution >= 0.6 is 0 Å². The molecule has 0 spiro atoms. The lowest BCUT2D eigenvalue weighted by molar-refractivity contribution is 0.739. The fourth-order valence-corrected chi connectivity index (χ4v) is 2.91. The van der Waals surface area contributed by atoms with Crippen molar-refractivity contribution in [3.8, 4) is 11.3 Å². The number of nitrogens with zero attached hydrogens (tertiary/aromatic N) is 1. The van der Waals surface area contributed by atoms with E-state index in [0.717, 1.165) is 36.4 Å². The molecule has 21 heavy (non-hydrogen) atoms. The highest BCUT2D eigenvalue weighted by molar-refractivity contribution is 5.92. The van der Waals surface area contributed by atoms with Crippen LogP contribution in [0, 0.1) is 0 Å². The Morgan fingerprint density at radius 2 is 1.90 bits per heavy atom. The number of hydrogen-bond donors (Lipinski definition) is 2. The van der Waals surface area contributed by atoms with Crippen molar-refractivity contribution in [3.05, 3.63) is 60.3 Å². The zero-order valence-corrected chi connectivity index (χ0v) is 11.8. The summed E-state index contributed by atoms with van der Waals surface area (Å²) in [6.07, 6.45) is 5.44. The molecule has 3 heteroatoms. The monoisotopic (exact) mass is 275 g/mol. The van der Waals surface area contributed by atoms with Crippen LogP contribution in [-0.4, -0.2) is 23.1 Å². The third-order valence-electron chi connectivity index (χ3n) is 4.02. The van der Waals surface area contributed by atoms with Gasteiger partial charge in [0, 0.05) is 29.3 Å². The maximum atomic E-state index is 4.76. The highest BCUT2D eigenvalue weighted by Gasteiger charge is 2.12. The van der Waals surface area contributed by atoms with Gasteiger partial charge in [-0.05, 0) is 30.7 Å². The quantitative estimate of drug-likeness (QED) is 0.750. The first-order valence-corrected chi connectivity index (χ1v) is 7.35. The van der Waals surface area contributed by atoms with E-state index < -0.39 is 0 Å². The summed E-state index contributed by atoms with van der Waals surface area (Å²) in [5.41, 5.74) is 5.83. The summed E-state index contributed by atoms with van der Waals surface area (Å²) in [7, 11) is 0. The number of hydrogen-bond acceptors (Lipinski definition) is 2. The summed E-state index contributed by atoms with van der Waals surface area (Å²) in [4.78, 5) is 8.09. The van der Waals surface area contributed by atoms with E-state index in [9.17, 15) is 0 Å². The average molecular weight is 275 g/mol. The molecule has 0 aliphatic carbocycles. The second-order valence-corrected chi connectivity index (χ2v) is 5.34. The molecular formula is C18H17N3. The molecule has 0 saturated carbocycles. The number of aromatic nitrogens is 2. The van der Waals surface area contributed by atoms with Gasteiger partial charge in [-0.15, -0.1) is 0 Å². The number of benzene rings is 1. The van der Waals surface area contributed by atoms with Gasteiger partial charge in [0.15, 0.2) is 0 Å². The van der Waals surface area contributed by atoms with Crippen LogP contribution in [0.5, 0.6) is 0 Å². The van der Waals surface area contributed by atoms with Crippen LogP contribution in [0.2, 0.25) is 0 Å². The first-order valence-electron chi connectivity index (χ1n) is 7.35. The van der Waals surface area contributed by atoms with Crippen molar-refractivity contribution in [2.24, 2.45) is 0 Å². The predicted octanol–water partition coefficient (Wildman–Crippen LogP) is 3.61. The van der Waals surface area contributed by atoms with E-state index >= 15 is 0 Å². The van der Waals surface area contributed by atoms with Crippen molar-refractivity contribution in [3.63, 3.8) is 0 Å². The number of aromatic amines is 1. The second-order valence-electron chi connectivity index (χ2n) is 5.34. The number of fused-ring (bicyclic) bond motifs is 1. The molecular weight excluding hydrogens is 258 g/mol. The molecule has 0 fully saturated rings. The normalized spacial score (nSPS) is 15.1. The van der Waals surface area contributed by atoms with Crippen molar-refractivity contribution in [2.75, 3.05) is 13.1 Å². The molecule has 0 saturated heterocycles. The molecule has 104 valence electrons. The van der Waals surface area contributed by atoms with Gasteiger partial charge < -0.3 is 10.3 Å². The molecule has 0 atom stereocenters. The molecule has 2 N–H and O–H groups in total. The molecule has 1 aromatic carbocycles. The molecule has 0 unspecified atom stereocenters. The van der Waals surface area contributed by atoms with Gasteiger partial charge in [-0.3, -0.25) is 0 Å². The summed E-state index contributed by atoms with van der Waals surface area (Å²) in [6, 6.07) is 14.6. The van der Waals surface area contributed by atoms with E-state index in [-0.39, 0.29) is 0 Å². The summed E-state index contributed by atoms with van der Waals surface area (Å²) in [6.45, 7) is 2.01. The lowest BCUT2D eigenvalue weighted by Gasteiger charge is -2.13. The predicted molar refractivity (Wildman–Crippen MR) is 87.0 cm³/mol. The van der Waals surface area contributed by atoms with E-state index in [1.807, 2.05) is 18.2 Å². The summed E-state index contributed by atoms with van der Waals surface area (Å²) >= 11 is 0. The van der Waals surface area contributed by atoms with Crippen molar-refractivity contribution in [1.82, 2.24) is 15.3 Å². The minimum Gasteiger partial charge on any atom is -0.346 e. The van der Waals surface area contributed by atoms with Crippen molar-refractivity contribution < 1.29 is 0 Å². The topological polar surface area (TPSA) is 40.7 Å². The van der Waals surface area contributed by atoms with Crippen molar-refractivity contribution >= 4 is 16.6 Å². The zero-order valence-electron chi connectivity index (χ0n) is 11.8. The molecule has 2 aromatic heterocycles. The molecule has 4 rings (SSSR count). The molecule has 1 aliphatic rings. The van der Waals surface area contributed by atoms with E-state index in [1.165, 1.54) is 16.5 Å². The van der Waals surface area contributed by atoms with Crippen LogP contribution in [0.4, 0.5) is 0 Å². The van der Waals surface area contributed by atoms with E-state index in [4.69, 9.17) is 4.98 Å². The van der Waals surface area contributed by atoms with Gasteiger partial charge in [0.05, 0.1) is 5.69 Å². The fourth-order valence-electron chi connectivity index (χ4n) is 2.91. The van der Waals surface area contributed by atoms with Crippen molar-refractivity contribution in [2.45, 2.75) is 6.42 Å². The molecule has 1 aliphatic heterocycles. The lowest BCUT2D eigenvalue weighted by atomic mass is 10.00.